The van der Waals surface area contributed by atoms with Gasteiger partial charge in [0.15, 0.2) is 0 Å². The number of hydrogen-bond donors (Lipinski definition) is 1. The van der Waals surface area contributed by atoms with E-state index in [-0.39, 0.29) is 10.8 Å². The quantitative estimate of drug-likeness (QED) is 0.652. The van der Waals surface area contributed by atoms with E-state index in [0.717, 1.165) is 16.7 Å². The van der Waals surface area contributed by atoms with Crippen LogP contribution in [0.25, 0.3) is 10.6 Å². The van der Waals surface area contributed by atoms with Crippen molar-refractivity contribution in [2.24, 2.45) is 0 Å². The summed E-state index contributed by atoms with van der Waals surface area (Å²) in [4.78, 5) is 13.1. The molecule has 1 N–H and O–H groups in total. The molecule has 0 aliphatic carbocycles. The minimum absolute atomic E-state index is 0.199. The summed E-state index contributed by atoms with van der Waals surface area (Å²) in [6.45, 7) is 4.22. The van der Waals surface area contributed by atoms with Gasteiger partial charge in [-0.3, -0.25) is 10.1 Å². The minimum Gasteiger partial charge on any atom is -0.299 e. The van der Waals surface area contributed by atoms with Crippen LogP contribution in [0.5, 0.6) is 0 Å². The Kier molecular flexibility index (Phi) is 5.68. The second-order valence-electron chi connectivity index (χ2n) is 7.35. The Bertz CT molecular complexity index is 1160. The molecular weight excluding hydrogens is 420 g/mol. The van der Waals surface area contributed by atoms with Gasteiger partial charge in [0, 0.05) is 12.1 Å². The third-order valence-corrected chi connectivity index (χ3v) is 7.90. The second kappa shape index (κ2) is 8.25. The summed E-state index contributed by atoms with van der Waals surface area (Å²) < 4.78 is 27.4. The summed E-state index contributed by atoms with van der Waals surface area (Å²) in [6.07, 6.45) is 1.11. The molecule has 2 aromatic carbocycles. The molecule has 1 saturated heterocycles. The Labute approximate surface area is 179 Å². The molecule has 1 aliphatic heterocycles. The van der Waals surface area contributed by atoms with Crippen LogP contribution in [0.3, 0.4) is 0 Å². The fourth-order valence-corrected chi connectivity index (χ4v) is 5.82. The number of nitrogens with one attached hydrogen (secondary N) is 1. The van der Waals surface area contributed by atoms with Crippen molar-refractivity contribution in [3.05, 3.63) is 59.7 Å². The summed E-state index contributed by atoms with van der Waals surface area (Å²) in [5.41, 5.74) is 3.04. The summed E-state index contributed by atoms with van der Waals surface area (Å²) in [5, 5.41) is 12.0. The average molecular weight is 443 g/mol. The molecule has 4 rings (SSSR count). The Morgan fingerprint density at radius 2 is 1.67 bits per heavy atom. The van der Waals surface area contributed by atoms with Crippen LogP contribution < -0.4 is 5.32 Å². The van der Waals surface area contributed by atoms with Crippen molar-refractivity contribution >= 4 is 32.4 Å². The van der Waals surface area contributed by atoms with E-state index in [0.29, 0.717) is 29.5 Å². The Balaban J connectivity index is 1.50. The SMILES string of the molecule is Cc1ccc(-c2nnc(NC(=O)C3CCCN3S(=O)(=O)c3ccc(C)cc3)s2)cc1. The van der Waals surface area contributed by atoms with E-state index in [2.05, 4.69) is 15.5 Å². The van der Waals surface area contributed by atoms with E-state index in [9.17, 15) is 13.2 Å². The molecule has 156 valence electrons. The Morgan fingerprint density at radius 3 is 2.33 bits per heavy atom. The number of rotatable bonds is 5. The monoisotopic (exact) mass is 442 g/mol. The summed E-state index contributed by atoms with van der Waals surface area (Å²) >= 11 is 1.26. The number of carbonyl (C=O) groups is 1. The van der Waals surface area contributed by atoms with Crippen LogP contribution in [0.15, 0.2) is 53.4 Å². The van der Waals surface area contributed by atoms with E-state index < -0.39 is 16.1 Å². The predicted molar refractivity (Wildman–Crippen MR) is 117 cm³/mol. The van der Waals surface area contributed by atoms with Gasteiger partial charge in [-0.2, -0.15) is 4.31 Å². The van der Waals surface area contributed by atoms with Crippen LogP contribution in [0.4, 0.5) is 5.13 Å². The lowest BCUT2D eigenvalue weighted by Crippen LogP contribution is -2.43. The average Bonchev–Trinajstić information content (AvgIpc) is 3.39. The molecule has 9 heteroatoms. The molecule has 1 aliphatic rings. The van der Waals surface area contributed by atoms with E-state index in [1.54, 1.807) is 24.3 Å². The number of sulfonamides is 1. The first-order valence-electron chi connectivity index (χ1n) is 9.64. The third-order valence-electron chi connectivity index (χ3n) is 5.09. The summed E-state index contributed by atoms with van der Waals surface area (Å²) in [7, 11) is -3.74. The van der Waals surface area contributed by atoms with Gasteiger partial charge in [-0.05, 0) is 38.8 Å². The minimum atomic E-state index is -3.74. The maximum atomic E-state index is 13.1. The molecule has 0 spiro atoms. The molecule has 30 heavy (non-hydrogen) atoms. The normalized spacial score (nSPS) is 17.2. The highest BCUT2D eigenvalue weighted by Crippen LogP contribution is 2.29. The van der Waals surface area contributed by atoms with E-state index in [1.165, 1.54) is 15.6 Å². The summed E-state index contributed by atoms with van der Waals surface area (Å²) in [5.74, 6) is -0.380. The Hall–Kier alpha value is -2.62. The first kappa shape index (κ1) is 20.6. The molecule has 0 radical (unpaired) electrons. The highest BCUT2D eigenvalue weighted by molar-refractivity contribution is 7.89. The van der Waals surface area contributed by atoms with E-state index in [4.69, 9.17) is 0 Å². The topological polar surface area (TPSA) is 92.3 Å². The number of nitrogens with zero attached hydrogens (tertiary/aromatic N) is 3. The fraction of sp³-hybridized carbons (Fsp3) is 0.286. The maximum Gasteiger partial charge on any atom is 0.244 e. The fourth-order valence-electron chi connectivity index (χ4n) is 3.41. The molecular formula is C21H22N4O3S2. The highest BCUT2D eigenvalue weighted by Gasteiger charge is 2.39. The van der Waals surface area contributed by atoms with Crippen LogP contribution in [-0.2, 0) is 14.8 Å². The highest BCUT2D eigenvalue weighted by atomic mass is 32.2. The predicted octanol–water partition coefficient (Wildman–Crippen LogP) is 3.61. The number of anilines is 1. The van der Waals surface area contributed by atoms with Gasteiger partial charge in [-0.1, -0.05) is 58.9 Å². The molecule has 7 nitrogen and oxygen atoms in total. The second-order valence-corrected chi connectivity index (χ2v) is 10.2. The van der Waals surface area contributed by atoms with Gasteiger partial charge in [0.1, 0.15) is 11.0 Å². The van der Waals surface area contributed by atoms with E-state index in [1.807, 2.05) is 38.1 Å². The van der Waals surface area contributed by atoms with Crippen molar-refractivity contribution in [1.29, 1.82) is 0 Å². The zero-order valence-electron chi connectivity index (χ0n) is 16.7. The van der Waals surface area contributed by atoms with Crippen molar-refractivity contribution in [3.8, 4) is 10.6 Å². The standard InChI is InChI=1S/C21H22N4O3S2/c1-14-5-9-16(10-6-14)20-23-24-21(29-20)22-19(26)18-4-3-13-25(18)30(27,28)17-11-7-15(2)8-12-17/h5-12,18H,3-4,13H2,1-2H3,(H,22,24,26). The van der Waals surface area contributed by atoms with Crippen molar-refractivity contribution in [1.82, 2.24) is 14.5 Å². The number of amides is 1. The third kappa shape index (κ3) is 4.14. The van der Waals surface area contributed by atoms with Gasteiger partial charge in [0.05, 0.1) is 4.90 Å². The molecule has 3 aromatic rings. The van der Waals surface area contributed by atoms with Gasteiger partial charge in [-0.15, -0.1) is 10.2 Å². The molecule has 1 atom stereocenters. The van der Waals surface area contributed by atoms with Gasteiger partial charge in [0.2, 0.25) is 21.1 Å². The molecule has 0 saturated carbocycles. The van der Waals surface area contributed by atoms with Crippen molar-refractivity contribution in [3.63, 3.8) is 0 Å². The van der Waals surface area contributed by atoms with Crippen LogP contribution in [0, 0.1) is 13.8 Å². The van der Waals surface area contributed by atoms with Crippen LogP contribution >= 0.6 is 11.3 Å². The van der Waals surface area contributed by atoms with Crippen molar-refractivity contribution in [2.45, 2.75) is 37.6 Å². The lowest BCUT2D eigenvalue weighted by atomic mass is 10.2. The van der Waals surface area contributed by atoms with Crippen LogP contribution in [0.1, 0.15) is 24.0 Å². The molecule has 1 aromatic heterocycles. The molecule has 0 bridgehead atoms. The van der Waals surface area contributed by atoms with Crippen LogP contribution in [0.2, 0.25) is 0 Å². The lowest BCUT2D eigenvalue weighted by molar-refractivity contribution is -0.119. The van der Waals surface area contributed by atoms with Crippen molar-refractivity contribution in [2.75, 3.05) is 11.9 Å². The van der Waals surface area contributed by atoms with Crippen molar-refractivity contribution < 1.29 is 13.2 Å². The zero-order valence-corrected chi connectivity index (χ0v) is 18.3. The molecule has 1 unspecified atom stereocenters. The first-order valence-corrected chi connectivity index (χ1v) is 11.9. The number of hydrogen-bond acceptors (Lipinski definition) is 6. The first-order chi connectivity index (χ1) is 14.3. The van der Waals surface area contributed by atoms with Crippen LogP contribution in [-0.4, -0.2) is 41.4 Å². The van der Waals surface area contributed by atoms with E-state index >= 15 is 0 Å². The number of carbonyl (C=O) groups excluding carboxylic acids is 1. The Morgan fingerprint density at radius 1 is 1.03 bits per heavy atom. The molecule has 1 fully saturated rings. The smallest absolute Gasteiger partial charge is 0.244 e. The zero-order chi connectivity index (χ0) is 21.3. The van der Waals surface area contributed by atoms with Gasteiger partial charge >= 0.3 is 0 Å². The summed E-state index contributed by atoms with van der Waals surface area (Å²) in [6, 6.07) is 13.8. The molecule has 2 heterocycles. The molecule has 1 amide bonds. The maximum absolute atomic E-state index is 13.1. The number of aryl methyl sites for hydroxylation is 2. The largest absolute Gasteiger partial charge is 0.299 e. The van der Waals surface area contributed by atoms with Gasteiger partial charge in [-0.25, -0.2) is 8.42 Å². The number of aromatic nitrogens is 2. The number of benzene rings is 2. The lowest BCUT2D eigenvalue weighted by Gasteiger charge is -2.23. The van der Waals surface area contributed by atoms with Gasteiger partial charge < -0.3 is 0 Å². The van der Waals surface area contributed by atoms with Gasteiger partial charge in [0.25, 0.3) is 0 Å².